The van der Waals surface area contributed by atoms with Gasteiger partial charge >= 0.3 is 0 Å². The highest BCUT2D eigenvalue weighted by molar-refractivity contribution is 6.56. The van der Waals surface area contributed by atoms with Gasteiger partial charge in [-0.15, -0.1) is 0 Å². The van der Waals surface area contributed by atoms with Gasteiger partial charge in [-0.2, -0.15) is 0 Å². The Morgan fingerprint density at radius 3 is 2.94 bits per heavy atom. The van der Waals surface area contributed by atoms with Crippen molar-refractivity contribution in [3.05, 3.63) is 28.8 Å². The first kappa shape index (κ1) is 11.6. The average molecular weight is 216 g/mol. The minimum absolute atomic E-state index is 0.781. The Bertz CT molecular complexity index is 373. The SMILES string of the molecule is CCCB(C)Cc1cc2c(cc1C)CCO2. The van der Waals surface area contributed by atoms with E-state index in [1.54, 1.807) is 0 Å². The summed E-state index contributed by atoms with van der Waals surface area (Å²) < 4.78 is 5.64. The number of hydrogen-bond acceptors (Lipinski definition) is 1. The molecule has 0 N–H and O–H groups in total. The molecule has 0 saturated carbocycles. The van der Waals surface area contributed by atoms with Gasteiger partial charge in [0.2, 0.25) is 0 Å². The van der Waals surface area contributed by atoms with Gasteiger partial charge in [0, 0.05) is 6.42 Å². The van der Waals surface area contributed by atoms with Crippen LogP contribution in [0.5, 0.6) is 5.75 Å². The van der Waals surface area contributed by atoms with E-state index < -0.39 is 0 Å². The first-order valence-electron chi connectivity index (χ1n) is 6.46. The molecule has 0 radical (unpaired) electrons. The maximum Gasteiger partial charge on any atom is 0.141 e. The maximum atomic E-state index is 5.64. The predicted octanol–water partition coefficient (Wildman–Crippen LogP) is 3.55. The molecule has 0 amide bonds. The Labute approximate surface area is 99.3 Å². The van der Waals surface area contributed by atoms with Gasteiger partial charge < -0.3 is 4.74 Å². The van der Waals surface area contributed by atoms with Crippen LogP contribution in [0, 0.1) is 6.92 Å². The van der Waals surface area contributed by atoms with E-state index >= 15 is 0 Å². The third-order valence-corrected chi connectivity index (χ3v) is 3.50. The zero-order valence-corrected chi connectivity index (χ0v) is 10.7. The van der Waals surface area contributed by atoms with Crippen LogP contribution in [-0.4, -0.2) is 13.3 Å². The van der Waals surface area contributed by atoms with E-state index in [-0.39, 0.29) is 0 Å². The summed E-state index contributed by atoms with van der Waals surface area (Å²) in [6, 6.07) is 4.58. The molecule has 0 atom stereocenters. The van der Waals surface area contributed by atoms with E-state index in [1.807, 2.05) is 0 Å². The largest absolute Gasteiger partial charge is 0.493 e. The van der Waals surface area contributed by atoms with Crippen LogP contribution in [0.2, 0.25) is 13.1 Å². The van der Waals surface area contributed by atoms with Crippen LogP contribution in [0.1, 0.15) is 30.0 Å². The van der Waals surface area contributed by atoms with Crippen LogP contribution in [0.3, 0.4) is 0 Å². The zero-order valence-electron chi connectivity index (χ0n) is 10.7. The van der Waals surface area contributed by atoms with Crippen LogP contribution < -0.4 is 4.74 Å². The van der Waals surface area contributed by atoms with Crippen molar-refractivity contribution in [3.63, 3.8) is 0 Å². The number of benzene rings is 1. The molecule has 1 aromatic carbocycles. The van der Waals surface area contributed by atoms with Gasteiger partial charge in [0.15, 0.2) is 0 Å². The molecule has 1 aliphatic rings. The molecular formula is C14H21BO. The van der Waals surface area contributed by atoms with E-state index in [0.29, 0.717) is 0 Å². The fraction of sp³-hybridized carbons (Fsp3) is 0.571. The van der Waals surface area contributed by atoms with Crippen molar-refractivity contribution in [1.29, 1.82) is 0 Å². The number of fused-ring (bicyclic) bond motifs is 1. The monoisotopic (exact) mass is 216 g/mol. The van der Waals surface area contributed by atoms with E-state index in [0.717, 1.165) is 25.5 Å². The number of aryl methyl sites for hydroxylation is 1. The highest BCUT2D eigenvalue weighted by atomic mass is 16.5. The van der Waals surface area contributed by atoms with Gasteiger partial charge in [0.1, 0.15) is 12.5 Å². The number of rotatable bonds is 4. The minimum atomic E-state index is 0.781. The lowest BCUT2D eigenvalue weighted by Crippen LogP contribution is -2.12. The quantitative estimate of drug-likeness (QED) is 0.699. The van der Waals surface area contributed by atoms with Crippen LogP contribution in [0.15, 0.2) is 12.1 Å². The highest BCUT2D eigenvalue weighted by Gasteiger charge is 2.16. The molecule has 1 nitrogen and oxygen atoms in total. The van der Waals surface area contributed by atoms with E-state index in [1.165, 1.54) is 35.8 Å². The molecule has 1 aliphatic heterocycles. The van der Waals surface area contributed by atoms with Crippen molar-refractivity contribution in [2.45, 2.75) is 46.2 Å². The van der Waals surface area contributed by atoms with Crippen molar-refractivity contribution in [2.75, 3.05) is 6.61 Å². The highest BCUT2D eigenvalue weighted by Crippen LogP contribution is 2.29. The molecule has 0 spiro atoms. The van der Waals surface area contributed by atoms with Crippen molar-refractivity contribution in [1.82, 2.24) is 0 Å². The minimum Gasteiger partial charge on any atom is -0.493 e. The molecule has 1 aromatic rings. The molecular weight excluding hydrogens is 195 g/mol. The summed E-state index contributed by atoms with van der Waals surface area (Å²) in [5, 5.41) is 0. The van der Waals surface area contributed by atoms with Crippen LogP contribution in [0.25, 0.3) is 0 Å². The molecule has 16 heavy (non-hydrogen) atoms. The fourth-order valence-electron chi connectivity index (χ4n) is 2.58. The summed E-state index contributed by atoms with van der Waals surface area (Å²) in [7, 11) is 0. The number of ether oxygens (including phenoxy) is 1. The Balaban J connectivity index is 2.15. The molecule has 0 aliphatic carbocycles. The lowest BCUT2D eigenvalue weighted by atomic mass is 9.45. The predicted molar refractivity (Wildman–Crippen MR) is 70.8 cm³/mol. The molecule has 1 heterocycles. The van der Waals surface area contributed by atoms with Gasteiger partial charge in [0.05, 0.1) is 6.61 Å². The second-order valence-corrected chi connectivity index (χ2v) is 5.08. The normalized spacial score (nSPS) is 13.4. The second-order valence-electron chi connectivity index (χ2n) is 5.08. The first-order chi connectivity index (χ1) is 7.70. The number of hydrogen-bond donors (Lipinski definition) is 0. The zero-order chi connectivity index (χ0) is 11.5. The second kappa shape index (κ2) is 4.94. The standard InChI is InChI=1S/C14H21BO/c1-4-6-15(3)10-13-9-14-12(5-7-16-14)8-11(13)2/h8-9H,4-7,10H2,1-3H3. The Morgan fingerprint density at radius 2 is 2.19 bits per heavy atom. The summed E-state index contributed by atoms with van der Waals surface area (Å²) >= 11 is 0. The lowest BCUT2D eigenvalue weighted by Gasteiger charge is -2.11. The first-order valence-corrected chi connectivity index (χ1v) is 6.46. The maximum absolute atomic E-state index is 5.64. The third-order valence-electron chi connectivity index (χ3n) is 3.50. The summed E-state index contributed by atoms with van der Waals surface area (Å²) in [5.41, 5.74) is 4.30. The summed E-state index contributed by atoms with van der Waals surface area (Å²) in [4.78, 5) is 0. The van der Waals surface area contributed by atoms with Crippen molar-refractivity contribution in [3.8, 4) is 5.75 Å². The van der Waals surface area contributed by atoms with Gasteiger partial charge in [-0.25, -0.2) is 0 Å². The average Bonchev–Trinajstić information content (AvgIpc) is 2.65. The molecule has 0 saturated heterocycles. The van der Waals surface area contributed by atoms with Gasteiger partial charge in [-0.1, -0.05) is 32.6 Å². The van der Waals surface area contributed by atoms with Crippen LogP contribution in [0.4, 0.5) is 0 Å². The van der Waals surface area contributed by atoms with Crippen molar-refractivity contribution >= 4 is 6.71 Å². The Hall–Kier alpha value is -0.915. The van der Waals surface area contributed by atoms with E-state index in [9.17, 15) is 0 Å². The molecule has 0 bridgehead atoms. The Morgan fingerprint density at radius 1 is 1.38 bits per heavy atom. The fourth-order valence-corrected chi connectivity index (χ4v) is 2.58. The molecule has 0 unspecified atom stereocenters. The molecule has 0 fully saturated rings. The summed E-state index contributed by atoms with van der Waals surface area (Å²) in [5.74, 6) is 1.13. The summed E-state index contributed by atoms with van der Waals surface area (Å²) in [6.07, 6.45) is 4.87. The molecule has 2 rings (SSSR count). The van der Waals surface area contributed by atoms with Gasteiger partial charge in [-0.3, -0.25) is 0 Å². The molecule has 86 valence electrons. The Kier molecular flexibility index (Phi) is 3.57. The van der Waals surface area contributed by atoms with E-state index in [2.05, 4.69) is 32.8 Å². The van der Waals surface area contributed by atoms with Crippen LogP contribution >= 0.6 is 0 Å². The smallest absolute Gasteiger partial charge is 0.141 e. The topological polar surface area (TPSA) is 9.23 Å². The van der Waals surface area contributed by atoms with Gasteiger partial charge in [0.25, 0.3) is 0 Å². The molecule has 2 heteroatoms. The lowest BCUT2D eigenvalue weighted by molar-refractivity contribution is 0.356. The van der Waals surface area contributed by atoms with Crippen LogP contribution in [-0.2, 0) is 12.7 Å². The van der Waals surface area contributed by atoms with E-state index in [4.69, 9.17) is 4.74 Å². The third kappa shape index (κ3) is 2.42. The molecule has 0 aromatic heterocycles. The van der Waals surface area contributed by atoms with Crippen molar-refractivity contribution < 1.29 is 4.74 Å². The van der Waals surface area contributed by atoms with Gasteiger partial charge in [-0.05, 0) is 36.0 Å². The van der Waals surface area contributed by atoms with Crippen molar-refractivity contribution in [2.24, 2.45) is 0 Å². The summed E-state index contributed by atoms with van der Waals surface area (Å²) in [6.45, 7) is 8.48.